The number of piperazine rings is 1. The van der Waals surface area contributed by atoms with Gasteiger partial charge >= 0.3 is 0 Å². The van der Waals surface area contributed by atoms with Crippen LogP contribution in [0.2, 0.25) is 0 Å². The van der Waals surface area contributed by atoms with E-state index in [1.54, 1.807) is 0 Å². The number of tetrazole rings is 1. The van der Waals surface area contributed by atoms with E-state index in [-0.39, 0.29) is 12.8 Å². The van der Waals surface area contributed by atoms with E-state index >= 15 is 0 Å². The van der Waals surface area contributed by atoms with Crippen LogP contribution in [0.25, 0.3) is 11.8 Å². The van der Waals surface area contributed by atoms with E-state index in [1.807, 2.05) is 22.9 Å². The third-order valence-corrected chi connectivity index (χ3v) is 7.36. The van der Waals surface area contributed by atoms with Gasteiger partial charge in [0.2, 0.25) is 6.79 Å². The molecule has 3 aromatic carbocycles. The highest BCUT2D eigenvalue weighted by molar-refractivity contribution is 5.53. The molecule has 8 nitrogen and oxygen atoms in total. The Morgan fingerprint density at radius 2 is 1.63 bits per heavy atom. The summed E-state index contributed by atoms with van der Waals surface area (Å²) in [7, 11) is 0. The Hall–Kier alpha value is -4.01. The van der Waals surface area contributed by atoms with Crippen molar-refractivity contribution in [3.63, 3.8) is 0 Å². The summed E-state index contributed by atoms with van der Waals surface area (Å²) in [6.07, 6.45) is 4.44. The second-order valence-corrected chi connectivity index (χ2v) is 9.82. The second kappa shape index (κ2) is 10.8. The van der Waals surface area contributed by atoms with E-state index in [0.29, 0.717) is 0 Å². The van der Waals surface area contributed by atoms with E-state index in [9.17, 15) is 0 Å². The van der Waals surface area contributed by atoms with Crippen LogP contribution in [0.5, 0.6) is 11.5 Å². The van der Waals surface area contributed by atoms with Crippen molar-refractivity contribution in [2.75, 3.05) is 39.5 Å². The highest BCUT2D eigenvalue weighted by Crippen LogP contribution is 2.42. The molecule has 1 saturated heterocycles. The third kappa shape index (κ3) is 4.80. The molecule has 0 saturated carbocycles. The smallest absolute Gasteiger partial charge is 0.231 e. The largest absolute Gasteiger partial charge is 0.454 e. The minimum atomic E-state index is -0.178. The molecule has 1 atom stereocenters. The van der Waals surface area contributed by atoms with E-state index in [0.717, 1.165) is 72.4 Å². The zero-order valence-electron chi connectivity index (χ0n) is 21.8. The molecule has 2 aliphatic heterocycles. The summed E-state index contributed by atoms with van der Waals surface area (Å²) >= 11 is 0. The predicted octanol–water partition coefficient (Wildman–Crippen LogP) is 4.43. The number of rotatable bonds is 7. The summed E-state index contributed by atoms with van der Waals surface area (Å²) in [5.41, 5.74) is 5.53. The van der Waals surface area contributed by atoms with Crippen molar-refractivity contribution in [1.29, 1.82) is 0 Å². The molecule has 0 aliphatic carbocycles. The molecule has 1 fully saturated rings. The average molecular weight is 509 g/mol. The first-order valence-electron chi connectivity index (χ1n) is 13.1. The van der Waals surface area contributed by atoms with Crippen LogP contribution in [0.3, 0.4) is 0 Å². The van der Waals surface area contributed by atoms with E-state index in [2.05, 4.69) is 99.9 Å². The van der Waals surface area contributed by atoms with Gasteiger partial charge in [-0.3, -0.25) is 9.80 Å². The van der Waals surface area contributed by atoms with Crippen molar-refractivity contribution in [2.45, 2.75) is 19.9 Å². The monoisotopic (exact) mass is 508 g/mol. The minimum Gasteiger partial charge on any atom is -0.454 e. The molecule has 0 spiro atoms. The first-order valence-corrected chi connectivity index (χ1v) is 13.1. The Morgan fingerprint density at radius 1 is 0.868 bits per heavy atom. The van der Waals surface area contributed by atoms with Gasteiger partial charge in [-0.1, -0.05) is 72.8 Å². The van der Waals surface area contributed by atoms with Crippen LogP contribution < -0.4 is 9.47 Å². The molecule has 194 valence electrons. The quantitative estimate of drug-likeness (QED) is 0.366. The van der Waals surface area contributed by atoms with E-state index in [4.69, 9.17) is 9.47 Å². The molecule has 4 aromatic rings. The van der Waals surface area contributed by atoms with Crippen molar-refractivity contribution in [2.24, 2.45) is 0 Å². The number of aryl methyl sites for hydroxylation is 2. The van der Waals surface area contributed by atoms with Gasteiger partial charge in [0, 0.05) is 38.3 Å². The van der Waals surface area contributed by atoms with Crippen LogP contribution in [-0.4, -0.2) is 69.5 Å². The molecular formula is C30H32N6O2. The van der Waals surface area contributed by atoms with Crippen LogP contribution in [0, 0.1) is 13.8 Å². The fraction of sp³-hybridized carbons (Fsp3) is 0.300. The van der Waals surface area contributed by atoms with Gasteiger partial charge in [0.25, 0.3) is 0 Å². The normalized spacial score (nSPS) is 16.8. The number of benzene rings is 3. The molecule has 3 heterocycles. The Labute approximate surface area is 223 Å². The molecule has 0 radical (unpaired) electrons. The summed E-state index contributed by atoms with van der Waals surface area (Å²) in [4.78, 5) is 4.95. The molecule has 2 aliphatic rings. The lowest BCUT2D eigenvalue weighted by Crippen LogP contribution is -2.48. The van der Waals surface area contributed by atoms with Gasteiger partial charge in [0.15, 0.2) is 17.3 Å². The first-order chi connectivity index (χ1) is 18.7. The van der Waals surface area contributed by atoms with Crippen LogP contribution >= 0.6 is 0 Å². The van der Waals surface area contributed by atoms with Crippen LogP contribution in [0.1, 0.15) is 34.1 Å². The number of ether oxygens (including phenoxy) is 2. The third-order valence-electron chi connectivity index (χ3n) is 7.36. The Balaban J connectivity index is 1.29. The topological polar surface area (TPSA) is 68.5 Å². The van der Waals surface area contributed by atoms with Crippen molar-refractivity contribution >= 4 is 6.08 Å². The number of nitrogens with zero attached hydrogens (tertiary/aromatic N) is 6. The van der Waals surface area contributed by atoms with Gasteiger partial charge < -0.3 is 9.47 Å². The van der Waals surface area contributed by atoms with Gasteiger partial charge in [-0.25, -0.2) is 0 Å². The average Bonchev–Trinajstić information content (AvgIpc) is 3.61. The highest BCUT2D eigenvalue weighted by atomic mass is 16.7. The fourth-order valence-corrected chi connectivity index (χ4v) is 5.44. The van der Waals surface area contributed by atoms with Gasteiger partial charge in [-0.2, -0.15) is 4.68 Å². The molecule has 0 bridgehead atoms. The van der Waals surface area contributed by atoms with E-state index in [1.165, 1.54) is 5.56 Å². The molecule has 38 heavy (non-hydrogen) atoms. The number of hydrogen-bond acceptors (Lipinski definition) is 7. The predicted molar refractivity (Wildman–Crippen MR) is 147 cm³/mol. The molecule has 6 rings (SSSR count). The zero-order chi connectivity index (χ0) is 25.9. The number of para-hydroxylation sites is 2. The standard InChI is InChI=1S/C30H32N6O2/c1-22-9-6-10-23(2)27(22)36-30(31-32-33-36)28(25-14-7-15-26-29(25)38-21-37-26)35-19-17-34(18-20-35)16-8-13-24-11-4-3-5-12-24/h3-15,28H,16-21H2,1-2H3/b13-8+. The zero-order valence-corrected chi connectivity index (χ0v) is 21.8. The summed E-state index contributed by atoms with van der Waals surface area (Å²) in [5.74, 6) is 2.33. The summed E-state index contributed by atoms with van der Waals surface area (Å²) in [6.45, 7) is 9.01. The Kier molecular flexibility index (Phi) is 6.90. The van der Waals surface area contributed by atoms with Crippen LogP contribution in [0.4, 0.5) is 0 Å². The number of aromatic nitrogens is 4. The Morgan fingerprint density at radius 3 is 2.42 bits per heavy atom. The van der Waals surface area contributed by atoms with Gasteiger partial charge in [0.1, 0.15) is 6.04 Å². The fourth-order valence-electron chi connectivity index (χ4n) is 5.44. The number of fused-ring (bicyclic) bond motifs is 1. The lowest BCUT2D eigenvalue weighted by atomic mass is 10.0. The van der Waals surface area contributed by atoms with Crippen molar-refractivity contribution in [3.05, 3.63) is 101 Å². The maximum atomic E-state index is 5.96. The van der Waals surface area contributed by atoms with E-state index < -0.39 is 0 Å². The molecule has 8 heteroatoms. The lowest BCUT2D eigenvalue weighted by Gasteiger charge is -2.38. The maximum absolute atomic E-state index is 5.96. The first kappa shape index (κ1) is 24.3. The summed E-state index contributed by atoms with van der Waals surface area (Å²) in [6, 6.07) is 22.6. The molecule has 1 unspecified atom stereocenters. The van der Waals surface area contributed by atoms with Gasteiger partial charge in [0.05, 0.1) is 5.69 Å². The summed E-state index contributed by atoms with van der Waals surface area (Å²) in [5, 5.41) is 13.2. The van der Waals surface area contributed by atoms with Gasteiger partial charge in [-0.15, -0.1) is 5.10 Å². The molecule has 0 N–H and O–H groups in total. The summed E-state index contributed by atoms with van der Waals surface area (Å²) < 4.78 is 13.6. The second-order valence-electron chi connectivity index (χ2n) is 9.82. The van der Waals surface area contributed by atoms with Gasteiger partial charge in [-0.05, 0) is 47.0 Å². The minimum absolute atomic E-state index is 0.178. The number of hydrogen-bond donors (Lipinski definition) is 0. The highest BCUT2D eigenvalue weighted by Gasteiger charge is 2.35. The van der Waals surface area contributed by atoms with Crippen LogP contribution in [0.15, 0.2) is 72.8 Å². The Bertz CT molecular complexity index is 1410. The van der Waals surface area contributed by atoms with Crippen LogP contribution in [-0.2, 0) is 0 Å². The maximum Gasteiger partial charge on any atom is 0.231 e. The molecule has 0 amide bonds. The van der Waals surface area contributed by atoms with Crippen molar-refractivity contribution < 1.29 is 9.47 Å². The van der Waals surface area contributed by atoms with Crippen molar-refractivity contribution in [1.82, 2.24) is 30.0 Å². The molecular weight excluding hydrogens is 476 g/mol. The molecule has 1 aromatic heterocycles. The SMILES string of the molecule is Cc1cccc(C)c1-n1nnnc1C(c1cccc2c1OCO2)N1CCN(C/C=C/c2ccccc2)CC1. The lowest BCUT2D eigenvalue weighted by molar-refractivity contribution is 0.111. The van der Waals surface area contributed by atoms with Crippen molar-refractivity contribution in [3.8, 4) is 17.2 Å².